The van der Waals surface area contributed by atoms with Gasteiger partial charge in [0.05, 0.1) is 5.92 Å². The third kappa shape index (κ3) is 3.97. The normalized spacial score (nSPS) is 16.2. The molecule has 0 aromatic heterocycles. The van der Waals surface area contributed by atoms with Gasteiger partial charge in [-0.3, -0.25) is 14.4 Å². The van der Waals surface area contributed by atoms with E-state index in [1.807, 2.05) is 0 Å². The van der Waals surface area contributed by atoms with Crippen LogP contribution in [0.15, 0.2) is 0 Å². The molecular weight excluding hydrogens is 200 g/mol. The Kier molecular flexibility index (Phi) is 4.77. The van der Waals surface area contributed by atoms with Gasteiger partial charge in [-0.15, -0.1) is 0 Å². The molecular formula is C9H16N2O4. The van der Waals surface area contributed by atoms with Gasteiger partial charge in [0.1, 0.15) is 6.04 Å². The molecule has 0 bridgehead atoms. The lowest BCUT2D eigenvalue weighted by atomic mass is 9.95. The minimum Gasteiger partial charge on any atom is -0.481 e. The molecule has 0 fully saturated rings. The molecule has 0 aromatic rings. The van der Waals surface area contributed by atoms with Crippen LogP contribution in [0.5, 0.6) is 0 Å². The first kappa shape index (κ1) is 13.4. The molecule has 3 unspecified atom stereocenters. The Morgan fingerprint density at radius 3 is 1.93 bits per heavy atom. The highest BCUT2D eigenvalue weighted by atomic mass is 16.4. The maximum absolute atomic E-state index is 11.4. The number of hydrogen-bond acceptors (Lipinski definition) is 3. The van der Waals surface area contributed by atoms with E-state index in [4.69, 9.17) is 10.8 Å². The van der Waals surface area contributed by atoms with Gasteiger partial charge in [0.2, 0.25) is 11.8 Å². The molecule has 4 N–H and O–H groups in total. The van der Waals surface area contributed by atoms with Gasteiger partial charge in [-0.25, -0.2) is 0 Å². The summed E-state index contributed by atoms with van der Waals surface area (Å²) in [6, 6.07) is -0.791. The third-order valence-corrected chi connectivity index (χ3v) is 2.34. The molecule has 0 heterocycles. The van der Waals surface area contributed by atoms with Crippen LogP contribution < -0.4 is 11.1 Å². The van der Waals surface area contributed by atoms with Gasteiger partial charge in [0.15, 0.2) is 0 Å². The Labute approximate surface area is 87.8 Å². The standard InChI is InChI=1S/C9H16N2O4/c1-4(5(2)9(14)15)8(13)11-6(3)7(10)12/h4-6H,1-3H3,(H2,10,12)(H,11,13)(H,14,15). The second kappa shape index (κ2) is 5.33. The fourth-order valence-electron chi connectivity index (χ4n) is 0.857. The molecule has 0 saturated heterocycles. The van der Waals surface area contributed by atoms with E-state index in [-0.39, 0.29) is 0 Å². The number of nitrogens with one attached hydrogen (secondary N) is 1. The molecule has 0 aliphatic rings. The summed E-state index contributed by atoms with van der Waals surface area (Å²) in [6.45, 7) is 4.36. The second-order valence-electron chi connectivity index (χ2n) is 3.55. The van der Waals surface area contributed by atoms with Gasteiger partial charge in [-0.05, 0) is 6.92 Å². The Hall–Kier alpha value is -1.59. The van der Waals surface area contributed by atoms with E-state index in [2.05, 4.69) is 5.32 Å². The minimum absolute atomic E-state index is 0.490. The van der Waals surface area contributed by atoms with E-state index in [0.717, 1.165) is 0 Å². The van der Waals surface area contributed by atoms with Crippen LogP contribution in [0.1, 0.15) is 20.8 Å². The number of rotatable bonds is 5. The number of amides is 2. The summed E-state index contributed by atoms with van der Waals surface area (Å²) >= 11 is 0. The maximum Gasteiger partial charge on any atom is 0.307 e. The first-order chi connectivity index (χ1) is 6.77. The molecule has 3 atom stereocenters. The van der Waals surface area contributed by atoms with E-state index in [1.54, 1.807) is 0 Å². The Bertz CT molecular complexity index is 277. The third-order valence-electron chi connectivity index (χ3n) is 2.34. The number of primary amides is 1. The first-order valence-electron chi connectivity index (χ1n) is 4.59. The Balaban J connectivity index is 4.34. The zero-order chi connectivity index (χ0) is 12.2. The highest BCUT2D eigenvalue weighted by Gasteiger charge is 2.27. The molecule has 6 nitrogen and oxygen atoms in total. The number of hydrogen-bond donors (Lipinski definition) is 3. The Morgan fingerprint density at radius 2 is 1.60 bits per heavy atom. The number of carbonyl (C=O) groups excluding carboxylic acids is 2. The zero-order valence-corrected chi connectivity index (χ0v) is 8.98. The van der Waals surface area contributed by atoms with Gasteiger partial charge in [-0.2, -0.15) is 0 Å². The van der Waals surface area contributed by atoms with Crippen LogP contribution in [0.2, 0.25) is 0 Å². The van der Waals surface area contributed by atoms with Gasteiger partial charge >= 0.3 is 5.97 Å². The van der Waals surface area contributed by atoms with Crippen molar-refractivity contribution in [3.8, 4) is 0 Å². The van der Waals surface area contributed by atoms with E-state index in [9.17, 15) is 14.4 Å². The van der Waals surface area contributed by atoms with Crippen molar-refractivity contribution in [3.63, 3.8) is 0 Å². The number of aliphatic carboxylic acids is 1. The van der Waals surface area contributed by atoms with Crippen LogP contribution in [0.25, 0.3) is 0 Å². The van der Waals surface area contributed by atoms with Gasteiger partial charge in [0.25, 0.3) is 0 Å². The summed E-state index contributed by atoms with van der Waals surface area (Å²) in [5, 5.41) is 11.0. The molecule has 2 amide bonds. The van der Waals surface area contributed by atoms with Crippen LogP contribution in [-0.4, -0.2) is 28.9 Å². The van der Waals surface area contributed by atoms with E-state index >= 15 is 0 Å². The lowest BCUT2D eigenvalue weighted by molar-refractivity contribution is -0.146. The number of carboxylic acids is 1. The van der Waals surface area contributed by atoms with E-state index < -0.39 is 35.7 Å². The fraction of sp³-hybridized carbons (Fsp3) is 0.667. The van der Waals surface area contributed by atoms with Crippen LogP contribution in [0.4, 0.5) is 0 Å². The number of carbonyl (C=O) groups is 3. The van der Waals surface area contributed by atoms with Crippen molar-refractivity contribution in [3.05, 3.63) is 0 Å². The second-order valence-corrected chi connectivity index (χ2v) is 3.55. The van der Waals surface area contributed by atoms with Gasteiger partial charge < -0.3 is 16.2 Å². The van der Waals surface area contributed by atoms with E-state index in [0.29, 0.717) is 0 Å². The number of nitrogens with two attached hydrogens (primary N) is 1. The van der Waals surface area contributed by atoms with Crippen molar-refractivity contribution >= 4 is 17.8 Å². The quantitative estimate of drug-likeness (QED) is 0.566. The molecule has 6 heteroatoms. The summed E-state index contributed by atoms with van der Waals surface area (Å²) in [4.78, 5) is 32.7. The average Bonchev–Trinajstić information content (AvgIpc) is 2.14. The molecule has 0 radical (unpaired) electrons. The number of carboxylic acid groups (broad SMARTS) is 1. The summed E-state index contributed by atoms with van der Waals surface area (Å²) < 4.78 is 0. The van der Waals surface area contributed by atoms with Gasteiger partial charge in [-0.1, -0.05) is 13.8 Å². The SMILES string of the molecule is CC(NC(=O)C(C)C(C)C(=O)O)C(N)=O. The first-order valence-corrected chi connectivity index (χ1v) is 4.59. The molecule has 0 aromatic carbocycles. The van der Waals surface area contributed by atoms with Crippen molar-refractivity contribution in [2.75, 3.05) is 0 Å². The molecule has 0 saturated carbocycles. The molecule has 0 spiro atoms. The highest BCUT2D eigenvalue weighted by molar-refractivity contribution is 5.89. The molecule has 0 aliphatic heterocycles. The lowest BCUT2D eigenvalue weighted by Gasteiger charge is -2.17. The largest absolute Gasteiger partial charge is 0.481 e. The molecule has 15 heavy (non-hydrogen) atoms. The van der Waals surface area contributed by atoms with Crippen molar-refractivity contribution in [1.29, 1.82) is 0 Å². The van der Waals surface area contributed by atoms with Crippen molar-refractivity contribution < 1.29 is 19.5 Å². The zero-order valence-electron chi connectivity index (χ0n) is 8.98. The summed E-state index contributed by atoms with van der Waals surface area (Å²) in [5.41, 5.74) is 4.95. The average molecular weight is 216 g/mol. The summed E-state index contributed by atoms with van der Waals surface area (Å²) in [5.74, 6) is -3.70. The fourth-order valence-corrected chi connectivity index (χ4v) is 0.857. The minimum atomic E-state index is -1.05. The topological polar surface area (TPSA) is 109 Å². The van der Waals surface area contributed by atoms with Crippen LogP contribution in [0.3, 0.4) is 0 Å². The predicted octanol–water partition coefficient (Wildman–Crippen LogP) is -0.667. The molecule has 0 aliphatic carbocycles. The molecule has 86 valence electrons. The monoisotopic (exact) mass is 216 g/mol. The maximum atomic E-state index is 11.4. The van der Waals surface area contributed by atoms with Crippen LogP contribution >= 0.6 is 0 Å². The van der Waals surface area contributed by atoms with Crippen molar-refractivity contribution in [2.45, 2.75) is 26.8 Å². The van der Waals surface area contributed by atoms with Gasteiger partial charge in [0, 0.05) is 5.92 Å². The predicted molar refractivity (Wildman–Crippen MR) is 52.8 cm³/mol. The van der Waals surface area contributed by atoms with Crippen molar-refractivity contribution in [1.82, 2.24) is 5.32 Å². The van der Waals surface area contributed by atoms with Crippen LogP contribution in [-0.2, 0) is 14.4 Å². The smallest absolute Gasteiger partial charge is 0.307 e. The summed E-state index contributed by atoms with van der Waals surface area (Å²) in [6.07, 6.45) is 0. The van der Waals surface area contributed by atoms with E-state index in [1.165, 1.54) is 20.8 Å². The van der Waals surface area contributed by atoms with Crippen molar-refractivity contribution in [2.24, 2.45) is 17.6 Å². The summed E-state index contributed by atoms with van der Waals surface area (Å²) in [7, 11) is 0. The molecule has 0 rings (SSSR count). The van der Waals surface area contributed by atoms with Crippen LogP contribution in [0, 0.1) is 11.8 Å². The highest BCUT2D eigenvalue weighted by Crippen LogP contribution is 2.11. The lowest BCUT2D eigenvalue weighted by Crippen LogP contribution is -2.45. The Morgan fingerprint density at radius 1 is 1.13 bits per heavy atom.